The van der Waals surface area contributed by atoms with Gasteiger partial charge < -0.3 is 9.84 Å². The van der Waals surface area contributed by atoms with Crippen molar-refractivity contribution in [1.29, 1.82) is 0 Å². The van der Waals surface area contributed by atoms with Crippen LogP contribution in [0.5, 0.6) is 0 Å². The summed E-state index contributed by atoms with van der Waals surface area (Å²) in [4.78, 5) is 0.104. The Labute approximate surface area is 130 Å². The van der Waals surface area contributed by atoms with Crippen LogP contribution in [0.4, 0.5) is 0 Å². The molecule has 1 aromatic carbocycles. The number of nitrogens with one attached hydrogen (secondary N) is 1. The molecule has 1 aliphatic rings. The predicted octanol–water partition coefficient (Wildman–Crippen LogP) is 1.92. The summed E-state index contributed by atoms with van der Waals surface area (Å²) in [5.41, 5.74) is 0.135. The highest BCUT2D eigenvalue weighted by Crippen LogP contribution is 2.43. The Bertz CT molecular complexity index is 630. The standard InChI is InChI=1S/C14H20ClNO4S/c1-14(2)12(7-13(14)20-3)16-21(18,19)10-4-5-11(15)9(6-10)8-17/h4-6,12-13,16-17H,7-8H2,1-3H3. The Balaban J connectivity index is 2.20. The first-order valence-electron chi connectivity index (χ1n) is 6.66. The molecule has 7 heteroatoms. The third kappa shape index (κ3) is 3.10. The van der Waals surface area contributed by atoms with Crippen molar-refractivity contribution in [2.24, 2.45) is 5.41 Å². The van der Waals surface area contributed by atoms with E-state index in [1.807, 2.05) is 13.8 Å². The normalized spacial score (nSPS) is 24.6. The van der Waals surface area contributed by atoms with Crippen LogP contribution in [0.1, 0.15) is 25.8 Å². The van der Waals surface area contributed by atoms with E-state index in [1.54, 1.807) is 7.11 Å². The number of aliphatic hydroxyl groups excluding tert-OH is 1. The quantitative estimate of drug-likeness (QED) is 0.863. The number of halogens is 1. The Morgan fingerprint density at radius 3 is 2.67 bits per heavy atom. The third-order valence-electron chi connectivity index (χ3n) is 4.26. The highest BCUT2D eigenvalue weighted by atomic mass is 35.5. The molecular formula is C14H20ClNO4S. The van der Waals surface area contributed by atoms with Crippen molar-refractivity contribution in [3.8, 4) is 0 Å². The number of methoxy groups -OCH3 is 1. The van der Waals surface area contributed by atoms with E-state index in [0.717, 1.165) is 0 Å². The highest BCUT2D eigenvalue weighted by Gasteiger charge is 2.50. The van der Waals surface area contributed by atoms with Crippen molar-refractivity contribution in [2.75, 3.05) is 7.11 Å². The fourth-order valence-corrected chi connectivity index (χ4v) is 4.21. The van der Waals surface area contributed by atoms with Crippen molar-refractivity contribution in [2.45, 2.75) is 43.9 Å². The maximum Gasteiger partial charge on any atom is 0.240 e. The molecule has 118 valence electrons. The van der Waals surface area contributed by atoms with Gasteiger partial charge in [0.05, 0.1) is 17.6 Å². The molecular weight excluding hydrogens is 314 g/mol. The second kappa shape index (κ2) is 5.85. The molecule has 0 saturated heterocycles. The zero-order valence-electron chi connectivity index (χ0n) is 12.3. The van der Waals surface area contributed by atoms with Crippen molar-refractivity contribution in [3.63, 3.8) is 0 Å². The third-order valence-corrected chi connectivity index (χ3v) is 6.10. The van der Waals surface area contributed by atoms with Crippen LogP contribution in [0.25, 0.3) is 0 Å². The number of benzene rings is 1. The first kappa shape index (κ1) is 16.7. The van der Waals surface area contributed by atoms with Crippen LogP contribution in [0, 0.1) is 5.41 Å². The number of ether oxygens (including phenoxy) is 1. The molecule has 0 amide bonds. The van der Waals surface area contributed by atoms with Gasteiger partial charge in [0.1, 0.15) is 0 Å². The van der Waals surface area contributed by atoms with E-state index in [1.165, 1.54) is 18.2 Å². The summed E-state index contributed by atoms with van der Waals surface area (Å²) in [5, 5.41) is 9.53. The van der Waals surface area contributed by atoms with E-state index in [9.17, 15) is 13.5 Å². The average Bonchev–Trinajstić information content (AvgIpc) is 2.43. The lowest BCUT2D eigenvalue weighted by molar-refractivity contribution is -0.0908. The maximum absolute atomic E-state index is 12.4. The molecule has 0 spiro atoms. The van der Waals surface area contributed by atoms with Crippen molar-refractivity contribution in [3.05, 3.63) is 28.8 Å². The highest BCUT2D eigenvalue weighted by molar-refractivity contribution is 7.89. The molecule has 0 radical (unpaired) electrons. The number of aliphatic hydroxyl groups is 1. The smallest absolute Gasteiger partial charge is 0.240 e. The Kier molecular flexibility index (Phi) is 4.66. The van der Waals surface area contributed by atoms with Gasteiger partial charge >= 0.3 is 0 Å². The van der Waals surface area contributed by atoms with Crippen LogP contribution >= 0.6 is 11.6 Å². The summed E-state index contributed by atoms with van der Waals surface area (Å²) in [6.45, 7) is 3.64. The number of rotatable bonds is 5. The van der Waals surface area contributed by atoms with Gasteiger partial charge in [-0.25, -0.2) is 13.1 Å². The molecule has 5 nitrogen and oxygen atoms in total. The van der Waals surface area contributed by atoms with Crippen molar-refractivity contribution < 1.29 is 18.3 Å². The van der Waals surface area contributed by atoms with Crippen LogP contribution in [0.15, 0.2) is 23.1 Å². The molecule has 0 aromatic heterocycles. The molecule has 0 bridgehead atoms. The monoisotopic (exact) mass is 333 g/mol. The second-order valence-corrected chi connectivity index (χ2v) is 7.99. The molecule has 2 atom stereocenters. The summed E-state index contributed by atoms with van der Waals surface area (Å²) >= 11 is 5.88. The van der Waals surface area contributed by atoms with Gasteiger partial charge in [-0.15, -0.1) is 0 Å². The number of sulfonamides is 1. The molecule has 0 aliphatic heterocycles. The van der Waals surface area contributed by atoms with E-state index >= 15 is 0 Å². The molecule has 2 N–H and O–H groups in total. The van der Waals surface area contributed by atoms with Crippen molar-refractivity contribution >= 4 is 21.6 Å². The lowest BCUT2D eigenvalue weighted by atomic mass is 9.65. The molecule has 0 heterocycles. The molecule has 2 rings (SSSR count). The fourth-order valence-electron chi connectivity index (χ4n) is 2.58. The first-order chi connectivity index (χ1) is 9.72. The van der Waals surface area contributed by atoms with E-state index in [-0.39, 0.29) is 29.1 Å². The van der Waals surface area contributed by atoms with Gasteiger partial charge in [0, 0.05) is 23.6 Å². The van der Waals surface area contributed by atoms with Crippen LogP contribution in [0.2, 0.25) is 5.02 Å². The van der Waals surface area contributed by atoms with Crippen LogP contribution in [-0.4, -0.2) is 32.8 Å². The van der Waals surface area contributed by atoms with Gasteiger partial charge in [0.25, 0.3) is 0 Å². The summed E-state index contributed by atoms with van der Waals surface area (Å²) in [6.07, 6.45) is 0.687. The summed E-state index contributed by atoms with van der Waals surface area (Å²) in [6, 6.07) is 4.12. The zero-order chi connectivity index (χ0) is 15.8. The molecule has 1 aliphatic carbocycles. The van der Waals surface area contributed by atoms with Gasteiger partial charge in [-0.3, -0.25) is 0 Å². The molecule has 21 heavy (non-hydrogen) atoms. The van der Waals surface area contributed by atoms with Crippen LogP contribution in [0.3, 0.4) is 0 Å². The number of hydrogen-bond donors (Lipinski definition) is 2. The van der Waals surface area contributed by atoms with E-state index in [0.29, 0.717) is 17.0 Å². The molecule has 2 unspecified atom stereocenters. The topological polar surface area (TPSA) is 75.6 Å². The maximum atomic E-state index is 12.4. The minimum atomic E-state index is -3.65. The van der Waals surface area contributed by atoms with E-state index in [4.69, 9.17) is 16.3 Å². The van der Waals surface area contributed by atoms with Gasteiger partial charge in [-0.05, 0) is 30.2 Å². The largest absolute Gasteiger partial charge is 0.392 e. The van der Waals surface area contributed by atoms with Crippen molar-refractivity contribution in [1.82, 2.24) is 4.72 Å². The van der Waals surface area contributed by atoms with E-state index in [2.05, 4.69) is 4.72 Å². The predicted molar refractivity (Wildman–Crippen MR) is 80.7 cm³/mol. The van der Waals surface area contributed by atoms with Gasteiger partial charge in [-0.1, -0.05) is 25.4 Å². The fraction of sp³-hybridized carbons (Fsp3) is 0.571. The van der Waals surface area contributed by atoms with Gasteiger partial charge in [-0.2, -0.15) is 0 Å². The summed E-state index contributed by atoms with van der Waals surface area (Å²) in [5.74, 6) is 0. The molecule has 1 saturated carbocycles. The van der Waals surface area contributed by atoms with Crippen LogP contribution in [-0.2, 0) is 21.4 Å². The lowest BCUT2D eigenvalue weighted by Gasteiger charge is -2.50. The molecule has 1 fully saturated rings. The molecule has 1 aromatic rings. The van der Waals surface area contributed by atoms with E-state index < -0.39 is 10.0 Å². The first-order valence-corrected chi connectivity index (χ1v) is 8.53. The summed E-state index contributed by atoms with van der Waals surface area (Å²) in [7, 11) is -2.02. The average molecular weight is 334 g/mol. The van der Waals surface area contributed by atoms with Gasteiger partial charge in [0.2, 0.25) is 10.0 Å². The number of hydrogen-bond acceptors (Lipinski definition) is 4. The lowest BCUT2D eigenvalue weighted by Crippen LogP contribution is -2.61. The Hall–Kier alpha value is -0.660. The SMILES string of the molecule is COC1CC(NS(=O)(=O)c2ccc(Cl)c(CO)c2)C1(C)C. The Morgan fingerprint density at radius 1 is 1.48 bits per heavy atom. The van der Waals surface area contributed by atoms with Gasteiger partial charge in [0.15, 0.2) is 0 Å². The van der Waals surface area contributed by atoms with Crippen LogP contribution < -0.4 is 4.72 Å². The summed E-state index contributed by atoms with van der Waals surface area (Å²) < 4.78 is 32.9. The second-order valence-electron chi connectivity index (χ2n) is 5.87. The zero-order valence-corrected chi connectivity index (χ0v) is 13.8. The Morgan fingerprint density at radius 2 is 2.14 bits per heavy atom. The minimum Gasteiger partial charge on any atom is -0.392 e. The minimum absolute atomic E-state index is 0.0448.